The van der Waals surface area contributed by atoms with E-state index in [0.29, 0.717) is 22.2 Å². The molecule has 5 aromatic rings. The van der Waals surface area contributed by atoms with Crippen molar-refractivity contribution in [2.45, 2.75) is 17.2 Å². The van der Waals surface area contributed by atoms with Gasteiger partial charge in [0, 0.05) is 22.5 Å². The standard InChI is InChI=1S/C31H25FN2O5S2/c32-24-11-9-22(10-12-24)29-19-40-31(34-29)33-25-13-15-26(16-14-25)39-27-7-4-8-28(18-27)41(37,38)20-23(17-30(35)36)21-5-2-1-3-6-21/h1-16,18-19,23H,17,20H2,(H,33,34)(H,35,36). The predicted molar refractivity (Wildman–Crippen MR) is 157 cm³/mol. The molecule has 41 heavy (non-hydrogen) atoms. The number of anilines is 2. The van der Waals surface area contributed by atoms with Crippen molar-refractivity contribution in [3.05, 3.63) is 120 Å². The Morgan fingerprint density at radius 1 is 0.927 bits per heavy atom. The van der Waals surface area contributed by atoms with Crippen LogP contribution in [0.5, 0.6) is 11.5 Å². The molecule has 0 radical (unpaired) electrons. The van der Waals surface area contributed by atoms with Crippen molar-refractivity contribution in [1.29, 1.82) is 0 Å². The smallest absolute Gasteiger partial charge is 0.303 e. The van der Waals surface area contributed by atoms with Gasteiger partial charge in [0.2, 0.25) is 0 Å². The number of carboxylic acid groups (broad SMARTS) is 1. The Balaban J connectivity index is 1.25. The third-order valence-electron chi connectivity index (χ3n) is 6.26. The molecule has 0 saturated carbocycles. The lowest BCUT2D eigenvalue weighted by Gasteiger charge is -2.16. The van der Waals surface area contributed by atoms with Crippen LogP contribution < -0.4 is 10.1 Å². The van der Waals surface area contributed by atoms with E-state index in [9.17, 15) is 22.7 Å². The van der Waals surface area contributed by atoms with Crippen molar-refractivity contribution >= 4 is 38.0 Å². The summed E-state index contributed by atoms with van der Waals surface area (Å²) in [5, 5.41) is 15.1. The van der Waals surface area contributed by atoms with Gasteiger partial charge in [-0.25, -0.2) is 17.8 Å². The first-order valence-corrected chi connectivity index (χ1v) is 15.1. The zero-order valence-corrected chi connectivity index (χ0v) is 23.2. The van der Waals surface area contributed by atoms with E-state index in [1.807, 2.05) is 17.5 Å². The molecule has 10 heteroatoms. The molecule has 1 aromatic heterocycles. The van der Waals surface area contributed by atoms with Crippen LogP contribution in [0.15, 0.2) is 113 Å². The molecule has 0 bridgehead atoms. The minimum absolute atomic E-state index is 0.0559. The minimum atomic E-state index is -3.81. The van der Waals surface area contributed by atoms with E-state index in [-0.39, 0.29) is 22.9 Å². The molecular weight excluding hydrogens is 563 g/mol. The molecule has 0 amide bonds. The third-order valence-corrected chi connectivity index (χ3v) is 8.83. The largest absolute Gasteiger partial charge is 0.481 e. The minimum Gasteiger partial charge on any atom is -0.481 e. The number of ether oxygens (including phenoxy) is 1. The summed E-state index contributed by atoms with van der Waals surface area (Å²) >= 11 is 1.42. The van der Waals surface area contributed by atoms with Crippen molar-refractivity contribution in [1.82, 2.24) is 4.98 Å². The quantitative estimate of drug-likeness (QED) is 0.164. The number of benzene rings is 4. The molecule has 1 atom stereocenters. The van der Waals surface area contributed by atoms with Gasteiger partial charge in [-0.05, 0) is 72.3 Å². The Hall–Kier alpha value is -4.54. The van der Waals surface area contributed by atoms with Gasteiger partial charge in [-0.2, -0.15) is 0 Å². The van der Waals surface area contributed by atoms with Crippen LogP contribution in [0.3, 0.4) is 0 Å². The number of nitrogens with zero attached hydrogens (tertiary/aromatic N) is 1. The van der Waals surface area contributed by atoms with Gasteiger partial charge >= 0.3 is 5.97 Å². The maximum atomic E-state index is 13.2. The zero-order chi connectivity index (χ0) is 28.8. The number of halogens is 1. The van der Waals surface area contributed by atoms with Gasteiger partial charge in [0.25, 0.3) is 0 Å². The van der Waals surface area contributed by atoms with Gasteiger partial charge in [0.15, 0.2) is 15.0 Å². The Bertz CT molecular complexity index is 1740. The highest BCUT2D eigenvalue weighted by molar-refractivity contribution is 7.91. The summed E-state index contributed by atoms with van der Waals surface area (Å²) in [5.41, 5.74) is 2.99. The summed E-state index contributed by atoms with van der Waals surface area (Å²) in [6.07, 6.45) is -0.297. The summed E-state index contributed by atoms with van der Waals surface area (Å²) < 4.78 is 45.6. The molecule has 4 aromatic carbocycles. The van der Waals surface area contributed by atoms with Crippen molar-refractivity contribution < 1.29 is 27.4 Å². The Morgan fingerprint density at radius 2 is 1.66 bits per heavy atom. The van der Waals surface area contributed by atoms with Gasteiger partial charge in [-0.15, -0.1) is 11.3 Å². The van der Waals surface area contributed by atoms with Crippen LogP contribution in [0.1, 0.15) is 17.9 Å². The average molecular weight is 589 g/mol. The van der Waals surface area contributed by atoms with Crippen molar-refractivity contribution in [3.8, 4) is 22.8 Å². The molecule has 5 rings (SSSR count). The lowest BCUT2D eigenvalue weighted by Crippen LogP contribution is -2.18. The van der Waals surface area contributed by atoms with Crippen LogP contribution in [0.2, 0.25) is 0 Å². The fourth-order valence-electron chi connectivity index (χ4n) is 4.25. The van der Waals surface area contributed by atoms with E-state index >= 15 is 0 Å². The Labute approximate surface area is 240 Å². The Morgan fingerprint density at radius 3 is 2.37 bits per heavy atom. The summed E-state index contributed by atoms with van der Waals surface area (Å²) in [5.74, 6) is -1.55. The monoisotopic (exact) mass is 588 g/mol. The zero-order valence-electron chi connectivity index (χ0n) is 21.6. The van der Waals surface area contributed by atoms with Crippen LogP contribution in [0, 0.1) is 5.82 Å². The fraction of sp³-hybridized carbons (Fsp3) is 0.0968. The molecule has 0 fully saturated rings. The number of hydrogen-bond acceptors (Lipinski definition) is 7. The van der Waals surface area contributed by atoms with Crippen LogP contribution in [0.4, 0.5) is 15.2 Å². The van der Waals surface area contributed by atoms with Crippen LogP contribution in [-0.2, 0) is 14.6 Å². The van der Waals surface area contributed by atoms with Gasteiger partial charge in [0.1, 0.15) is 17.3 Å². The molecule has 0 spiro atoms. The number of hydrogen-bond donors (Lipinski definition) is 2. The average Bonchev–Trinajstić information content (AvgIpc) is 3.43. The van der Waals surface area contributed by atoms with Crippen molar-refractivity contribution in [3.63, 3.8) is 0 Å². The second kappa shape index (κ2) is 12.3. The van der Waals surface area contributed by atoms with Crippen LogP contribution in [-0.4, -0.2) is 30.2 Å². The molecule has 0 saturated heterocycles. The van der Waals surface area contributed by atoms with E-state index in [2.05, 4.69) is 10.3 Å². The normalized spacial score (nSPS) is 12.0. The van der Waals surface area contributed by atoms with Crippen LogP contribution in [0.25, 0.3) is 11.3 Å². The number of thiazole rings is 1. The van der Waals surface area contributed by atoms with Crippen LogP contribution >= 0.6 is 11.3 Å². The first kappa shape index (κ1) is 28.0. The molecule has 1 unspecified atom stereocenters. The second-order valence-corrected chi connectivity index (χ2v) is 12.2. The van der Waals surface area contributed by atoms with Crippen molar-refractivity contribution in [2.24, 2.45) is 0 Å². The lowest BCUT2D eigenvalue weighted by atomic mass is 9.98. The topological polar surface area (TPSA) is 106 Å². The molecule has 0 aliphatic heterocycles. The number of aromatic nitrogens is 1. The van der Waals surface area contributed by atoms with E-state index in [4.69, 9.17) is 4.74 Å². The number of carboxylic acids is 1. The van der Waals surface area contributed by atoms with E-state index in [1.165, 1.54) is 35.6 Å². The SMILES string of the molecule is O=C(O)CC(CS(=O)(=O)c1cccc(Oc2ccc(Nc3nc(-c4ccc(F)cc4)cs3)cc2)c1)c1ccccc1. The molecule has 0 aliphatic rings. The summed E-state index contributed by atoms with van der Waals surface area (Å²) in [4.78, 5) is 16.0. The number of aliphatic carboxylic acids is 1. The van der Waals surface area contributed by atoms with E-state index in [1.54, 1.807) is 66.7 Å². The highest BCUT2D eigenvalue weighted by atomic mass is 32.2. The summed E-state index contributed by atoms with van der Waals surface area (Å²) in [6.45, 7) is 0. The van der Waals surface area contributed by atoms with E-state index in [0.717, 1.165) is 16.9 Å². The van der Waals surface area contributed by atoms with Gasteiger partial charge in [-0.1, -0.05) is 36.4 Å². The molecule has 2 N–H and O–H groups in total. The maximum absolute atomic E-state index is 13.2. The first-order valence-electron chi connectivity index (χ1n) is 12.6. The molecular formula is C31H25FN2O5S2. The van der Waals surface area contributed by atoms with E-state index < -0.39 is 21.7 Å². The second-order valence-electron chi connectivity index (χ2n) is 9.26. The van der Waals surface area contributed by atoms with Gasteiger partial charge in [0.05, 0.1) is 22.8 Å². The highest BCUT2D eigenvalue weighted by Gasteiger charge is 2.25. The maximum Gasteiger partial charge on any atom is 0.303 e. The molecule has 208 valence electrons. The number of carbonyl (C=O) groups is 1. The number of rotatable bonds is 11. The fourth-order valence-corrected chi connectivity index (χ4v) is 6.61. The molecule has 7 nitrogen and oxygen atoms in total. The third kappa shape index (κ3) is 7.36. The first-order chi connectivity index (χ1) is 19.7. The summed E-state index contributed by atoms with van der Waals surface area (Å²) in [6, 6.07) is 28.2. The summed E-state index contributed by atoms with van der Waals surface area (Å²) in [7, 11) is -3.81. The molecule has 1 heterocycles. The molecule has 0 aliphatic carbocycles. The lowest BCUT2D eigenvalue weighted by molar-refractivity contribution is -0.137. The highest BCUT2D eigenvalue weighted by Crippen LogP contribution is 2.31. The predicted octanol–water partition coefficient (Wildman–Crippen LogP) is 7.52. The number of nitrogens with one attached hydrogen (secondary N) is 1. The van der Waals surface area contributed by atoms with Gasteiger partial charge in [-0.3, -0.25) is 4.79 Å². The van der Waals surface area contributed by atoms with Gasteiger partial charge < -0.3 is 15.2 Å². The van der Waals surface area contributed by atoms with Crippen molar-refractivity contribution in [2.75, 3.05) is 11.1 Å². The number of sulfone groups is 1. The Kier molecular flexibility index (Phi) is 8.42.